The summed E-state index contributed by atoms with van der Waals surface area (Å²) < 4.78 is 0. The highest BCUT2D eigenvalue weighted by Crippen LogP contribution is 2.27. The minimum absolute atomic E-state index is 0.205. The third-order valence-electron chi connectivity index (χ3n) is 3.20. The number of benzene rings is 1. The molecule has 1 aliphatic heterocycles. The van der Waals surface area contributed by atoms with Crippen molar-refractivity contribution in [2.75, 3.05) is 18.0 Å². The Morgan fingerprint density at radius 1 is 1.44 bits per heavy atom. The molecule has 3 heteroatoms. The summed E-state index contributed by atoms with van der Waals surface area (Å²) in [7, 11) is 0. The summed E-state index contributed by atoms with van der Waals surface area (Å²) in [4.78, 5) is 13.8. The smallest absolute Gasteiger partial charge is 0.227 e. The fraction of sp³-hybridized carbons (Fsp3) is 0.462. The van der Waals surface area contributed by atoms with Gasteiger partial charge in [0.25, 0.3) is 0 Å². The molecule has 1 saturated heterocycles. The second-order valence-electron chi connectivity index (χ2n) is 4.29. The molecule has 1 heterocycles. The first-order valence-electron chi connectivity index (χ1n) is 5.84. The summed E-state index contributed by atoms with van der Waals surface area (Å²) >= 11 is 0. The Labute approximate surface area is 96.2 Å². The van der Waals surface area contributed by atoms with E-state index < -0.39 is 0 Å². The molecule has 2 N–H and O–H groups in total. The number of aryl methyl sites for hydroxylation is 1. The van der Waals surface area contributed by atoms with Crippen LogP contribution in [0.25, 0.3) is 0 Å². The highest BCUT2D eigenvalue weighted by Gasteiger charge is 2.30. The number of carbonyl (C=O) groups excluding carboxylic acids is 1. The van der Waals surface area contributed by atoms with Gasteiger partial charge >= 0.3 is 0 Å². The maximum absolute atomic E-state index is 11.9. The number of para-hydroxylation sites is 1. The van der Waals surface area contributed by atoms with Crippen LogP contribution in [0.2, 0.25) is 0 Å². The Bertz CT molecular complexity index is 389. The van der Waals surface area contributed by atoms with Gasteiger partial charge in [-0.1, -0.05) is 25.1 Å². The van der Waals surface area contributed by atoms with E-state index in [1.807, 2.05) is 23.1 Å². The fourth-order valence-electron chi connectivity index (χ4n) is 2.25. The third kappa shape index (κ3) is 1.95. The number of rotatable bonds is 3. The first-order valence-corrected chi connectivity index (χ1v) is 5.84. The monoisotopic (exact) mass is 218 g/mol. The van der Waals surface area contributed by atoms with E-state index in [0.29, 0.717) is 18.9 Å². The number of carbonyl (C=O) groups is 1. The highest BCUT2D eigenvalue weighted by molar-refractivity contribution is 5.96. The van der Waals surface area contributed by atoms with Crippen molar-refractivity contribution in [1.82, 2.24) is 0 Å². The van der Waals surface area contributed by atoms with Gasteiger partial charge in [0.2, 0.25) is 5.91 Å². The molecule has 1 aromatic rings. The number of anilines is 1. The topological polar surface area (TPSA) is 46.3 Å². The van der Waals surface area contributed by atoms with Crippen LogP contribution in [-0.2, 0) is 11.2 Å². The number of hydrogen-bond donors (Lipinski definition) is 1. The molecule has 1 unspecified atom stereocenters. The SMILES string of the molecule is CCc1ccccc1N1CC(CN)CC1=O. The molecule has 1 amide bonds. The van der Waals surface area contributed by atoms with Gasteiger partial charge in [0, 0.05) is 18.7 Å². The van der Waals surface area contributed by atoms with Crippen molar-refractivity contribution in [3.8, 4) is 0 Å². The van der Waals surface area contributed by atoms with Crippen molar-refractivity contribution in [2.24, 2.45) is 11.7 Å². The molecular weight excluding hydrogens is 200 g/mol. The molecule has 2 rings (SSSR count). The summed E-state index contributed by atoms with van der Waals surface area (Å²) in [6, 6.07) is 8.11. The Morgan fingerprint density at radius 2 is 2.19 bits per heavy atom. The average molecular weight is 218 g/mol. The Morgan fingerprint density at radius 3 is 2.81 bits per heavy atom. The molecule has 86 valence electrons. The van der Waals surface area contributed by atoms with Crippen LogP contribution in [0.4, 0.5) is 5.69 Å². The zero-order valence-corrected chi connectivity index (χ0v) is 9.65. The van der Waals surface area contributed by atoms with Crippen molar-refractivity contribution in [1.29, 1.82) is 0 Å². The van der Waals surface area contributed by atoms with Crippen molar-refractivity contribution < 1.29 is 4.79 Å². The number of hydrogen-bond acceptors (Lipinski definition) is 2. The van der Waals surface area contributed by atoms with Crippen molar-refractivity contribution in [3.63, 3.8) is 0 Å². The number of amides is 1. The van der Waals surface area contributed by atoms with Crippen LogP contribution in [0.5, 0.6) is 0 Å². The second kappa shape index (κ2) is 4.66. The standard InChI is InChI=1S/C13H18N2O/c1-2-11-5-3-4-6-12(11)15-9-10(8-14)7-13(15)16/h3-6,10H,2,7-9,14H2,1H3. The normalized spacial score (nSPS) is 20.5. The lowest BCUT2D eigenvalue weighted by Gasteiger charge is -2.19. The van der Waals surface area contributed by atoms with Gasteiger partial charge < -0.3 is 10.6 Å². The summed E-state index contributed by atoms with van der Waals surface area (Å²) in [6.45, 7) is 3.47. The van der Waals surface area contributed by atoms with Gasteiger partial charge in [-0.05, 0) is 30.5 Å². The molecule has 1 atom stereocenters. The van der Waals surface area contributed by atoms with Crippen molar-refractivity contribution in [2.45, 2.75) is 19.8 Å². The molecule has 0 aromatic heterocycles. The summed E-state index contributed by atoms with van der Waals surface area (Å²) in [5.74, 6) is 0.522. The maximum atomic E-state index is 11.9. The van der Waals surface area contributed by atoms with E-state index in [-0.39, 0.29) is 5.91 Å². The van der Waals surface area contributed by atoms with Crippen LogP contribution in [0, 0.1) is 5.92 Å². The van der Waals surface area contributed by atoms with Crippen LogP contribution >= 0.6 is 0 Å². The lowest BCUT2D eigenvalue weighted by molar-refractivity contribution is -0.117. The molecule has 1 aromatic carbocycles. The van der Waals surface area contributed by atoms with Gasteiger partial charge in [-0.15, -0.1) is 0 Å². The van der Waals surface area contributed by atoms with Gasteiger partial charge in [-0.2, -0.15) is 0 Å². The predicted octanol–water partition coefficient (Wildman–Crippen LogP) is 1.56. The van der Waals surface area contributed by atoms with Crippen LogP contribution in [0.15, 0.2) is 24.3 Å². The first kappa shape index (κ1) is 11.1. The lowest BCUT2D eigenvalue weighted by atomic mass is 10.1. The zero-order valence-electron chi connectivity index (χ0n) is 9.65. The quantitative estimate of drug-likeness (QED) is 0.837. The Balaban J connectivity index is 2.27. The molecule has 0 bridgehead atoms. The van der Waals surface area contributed by atoms with E-state index in [4.69, 9.17) is 5.73 Å². The van der Waals surface area contributed by atoms with Crippen molar-refractivity contribution in [3.05, 3.63) is 29.8 Å². The molecule has 1 fully saturated rings. The van der Waals surface area contributed by atoms with Gasteiger partial charge in [0.05, 0.1) is 0 Å². The van der Waals surface area contributed by atoms with Gasteiger partial charge in [0.1, 0.15) is 0 Å². The molecule has 3 nitrogen and oxygen atoms in total. The molecule has 0 saturated carbocycles. The summed E-state index contributed by atoms with van der Waals surface area (Å²) in [5.41, 5.74) is 7.92. The summed E-state index contributed by atoms with van der Waals surface area (Å²) in [6.07, 6.45) is 1.54. The molecule has 0 aliphatic carbocycles. The maximum Gasteiger partial charge on any atom is 0.227 e. The van der Waals surface area contributed by atoms with E-state index in [9.17, 15) is 4.79 Å². The molecular formula is C13H18N2O. The second-order valence-corrected chi connectivity index (χ2v) is 4.29. The Hall–Kier alpha value is -1.35. The van der Waals surface area contributed by atoms with E-state index in [2.05, 4.69) is 13.0 Å². The molecule has 16 heavy (non-hydrogen) atoms. The fourth-order valence-corrected chi connectivity index (χ4v) is 2.25. The Kier molecular flexibility index (Phi) is 3.25. The van der Waals surface area contributed by atoms with Gasteiger partial charge in [-0.3, -0.25) is 4.79 Å². The van der Waals surface area contributed by atoms with Crippen LogP contribution < -0.4 is 10.6 Å². The van der Waals surface area contributed by atoms with Crippen molar-refractivity contribution >= 4 is 11.6 Å². The van der Waals surface area contributed by atoms with Crippen LogP contribution in [0.3, 0.4) is 0 Å². The molecule has 0 spiro atoms. The largest absolute Gasteiger partial charge is 0.330 e. The summed E-state index contributed by atoms with van der Waals surface area (Å²) in [5, 5.41) is 0. The van der Waals surface area contributed by atoms with E-state index in [1.165, 1.54) is 5.56 Å². The van der Waals surface area contributed by atoms with Gasteiger partial charge in [0.15, 0.2) is 0 Å². The van der Waals surface area contributed by atoms with E-state index >= 15 is 0 Å². The first-order chi connectivity index (χ1) is 7.76. The van der Waals surface area contributed by atoms with E-state index in [0.717, 1.165) is 18.7 Å². The minimum Gasteiger partial charge on any atom is -0.330 e. The predicted molar refractivity (Wildman–Crippen MR) is 65.3 cm³/mol. The lowest BCUT2D eigenvalue weighted by Crippen LogP contribution is -2.26. The third-order valence-corrected chi connectivity index (χ3v) is 3.20. The highest BCUT2D eigenvalue weighted by atomic mass is 16.2. The minimum atomic E-state index is 0.205. The number of nitrogens with two attached hydrogens (primary N) is 1. The zero-order chi connectivity index (χ0) is 11.5. The molecule has 0 radical (unpaired) electrons. The van der Waals surface area contributed by atoms with Crippen LogP contribution in [0.1, 0.15) is 18.9 Å². The van der Waals surface area contributed by atoms with E-state index in [1.54, 1.807) is 0 Å². The van der Waals surface area contributed by atoms with Gasteiger partial charge in [-0.25, -0.2) is 0 Å². The van der Waals surface area contributed by atoms with Crippen LogP contribution in [-0.4, -0.2) is 19.0 Å². The average Bonchev–Trinajstić information content (AvgIpc) is 2.70. The molecule has 1 aliphatic rings. The number of nitrogens with zero attached hydrogens (tertiary/aromatic N) is 1.